The number of hydrogen-bond donors (Lipinski definition) is 1. The van der Waals surface area contributed by atoms with Crippen LogP contribution in [0.2, 0.25) is 0 Å². The third-order valence-corrected chi connectivity index (χ3v) is 1.52. The van der Waals surface area contributed by atoms with E-state index in [-0.39, 0.29) is 19.3 Å². The molecule has 0 aliphatic rings. The van der Waals surface area contributed by atoms with Crippen LogP contribution in [0.1, 0.15) is 26.2 Å². The molecule has 6 nitrogen and oxygen atoms in total. The molecule has 0 aliphatic heterocycles. The molecule has 0 aromatic rings. The van der Waals surface area contributed by atoms with Gasteiger partial charge in [-0.25, -0.2) is 4.79 Å². The van der Waals surface area contributed by atoms with E-state index in [1.54, 1.807) is 0 Å². The largest absolute Gasteiger partial charge is 0.481 e. The molecule has 0 amide bonds. The normalized spacial score (nSPS) is 11.3. The van der Waals surface area contributed by atoms with Gasteiger partial charge in [-0.1, -0.05) is 6.58 Å². The van der Waals surface area contributed by atoms with Crippen molar-refractivity contribution in [3.8, 4) is 0 Å². The summed E-state index contributed by atoms with van der Waals surface area (Å²) >= 11 is 0. The lowest BCUT2D eigenvalue weighted by Crippen LogP contribution is -2.20. The fourth-order valence-electron chi connectivity index (χ4n) is 0.864. The first-order valence-electron chi connectivity index (χ1n) is 4.70. The topological polar surface area (TPSA) is 89.9 Å². The lowest BCUT2D eigenvalue weighted by atomic mass is 10.2. The van der Waals surface area contributed by atoms with E-state index >= 15 is 0 Å². The molecule has 16 heavy (non-hydrogen) atoms. The summed E-state index contributed by atoms with van der Waals surface area (Å²) in [4.78, 5) is 31.9. The van der Waals surface area contributed by atoms with E-state index in [1.807, 2.05) is 0 Å². The maximum Gasteiger partial charge on any atom is 0.333 e. The highest BCUT2D eigenvalue weighted by atomic mass is 16.7. The Balaban J connectivity index is 3.73. The van der Waals surface area contributed by atoms with E-state index in [1.165, 1.54) is 6.92 Å². The summed E-state index contributed by atoms with van der Waals surface area (Å²) in [6.45, 7) is 4.57. The van der Waals surface area contributed by atoms with E-state index in [4.69, 9.17) is 5.11 Å². The SMILES string of the molecule is C=CC(=O)OC(C)OC(=O)CCCC(=O)O. The molecule has 0 bridgehead atoms. The minimum atomic E-state index is -0.997. The predicted octanol–water partition coefficient (Wildman–Crippen LogP) is 0.860. The molecule has 0 spiro atoms. The summed E-state index contributed by atoms with van der Waals surface area (Å²) in [5.41, 5.74) is 0. The Bertz CT molecular complexity index is 283. The molecule has 0 saturated carbocycles. The fraction of sp³-hybridized carbons (Fsp3) is 0.500. The molecule has 0 fully saturated rings. The van der Waals surface area contributed by atoms with Crippen molar-refractivity contribution in [2.45, 2.75) is 32.5 Å². The van der Waals surface area contributed by atoms with Crippen molar-refractivity contribution in [2.75, 3.05) is 0 Å². The van der Waals surface area contributed by atoms with Gasteiger partial charge in [-0.3, -0.25) is 9.59 Å². The summed E-state index contributed by atoms with van der Waals surface area (Å²) in [6.07, 6.45) is 0.0197. The molecule has 0 radical (unpaired) electrons. The van der Waals surface area contributed by atoms with Gasteiger partial charge in [0.05, 0.1) is 0 Å². The average molecular weight is 230 g/mol. The number of carboxylic acids is 1. The van der Waals surface area contributed by atoms with Crippen LogP contribution in [0.15, 0.2) is 12.7 Å². The zero-order valence-corrected chi connectivity index (χ0v) is 8.97. The Kier molecular flexibility index (Phi) is 6.58. The second kappa shape index (κ2) is 7.44. The van der Waals surface area contributed by atoms with Gasteiger partial charge in [0.25, 0.3) is 0 Å². The van der Waals surface area contributed by atoms with Crippen molar-refractivity contribution >= 4 is 17.9 Å². The highest BCUT2D eigenvalue weighted by Crippen LogP contribution is 2.02. The van der Waals surface area contributed by atoms with Crippen LogP contribution in [0.25, 0.3) is 0 Å². The number of aliphatic carboxylic acids is 1. The number of carboxylic acid groups (broad SMARTS) is 1. The third kappa shape index (κ3) is 7.54. The zero-order valence-electron chi connectivity index (χ0n) is 8.97. The van der Waals surface area contributed by atoms with Crippen LogP contribution in [0, 0.1) is 0 Å². The van der Waals surface area contributed by atoms with Crippen molar-refractivity contribution < 1.29 is 29.0 Å². The molecular formula is C10H14O6. The van der Waals surface area contributed by atoms with Gasteiger partial charge >= 0.3 is 17.9 Å². The first-order chi connectivity index (χ1) is 7.45. The second-order valence-corrected chi connectivity index (χ2v) is 2.95. The summed E-state index contributed by atoms with van der Waals surface area (Å²) in [5, 5.41) is 8.33. The lowest BCUT2D eigenvalue weighted by Gasteiger charge is -2.12. The van der Waals surface area contributed by atoms with Gasteiger partial charge in [-0.05, 0) is 6.42 Å². The van der Waals surface area contributed by atoms with Crippen molar-refractivity contribution in [2.24, 2.45) is 0 Å². The molecule has 0 aliphatic carbocycles. The first kappa shape index (κ1) is 14.2. The highest BCUT2D eigenvalue weighted by molar-refractivity contribution is 5.81. The van der Waals surface area contributed by atoms with E-state index in [0.29, 0.717) is 0 Å². The van der Waals surface area contributed by atoms with Crippen LogP contribution in [-0.2, 0) is 23.9 Å². The molecule has 0 heterocycles. The fourth-order valence-corrected chi connectivity index (χ4v) is 0.864. The standard InChI is InChI=1S/C10H14O6/c1-3-9(13)15-7(2)16-10(14)6-4-5-8(11)12/h3,7H,1,4-6H2,2H3,(H,11,12). The number of carbonyl (C=O) groups is 3. The zero-order chi connectivity index (χ0) is 12.6. The molecule has 1 atom stereocenters. The van der Waals surface area contributed by atoms with Crippen molar-refractivity contribution in [1.29, 1.82) is 0 Å². The summed E-state index contributed by atoms with van der Waals surface area (Å²) in [7, 11) is 0. The van der Waals surface area contributed by atoms with Crippen molar-refractivity contribution in [3.05, 3.63) is 12.7 Å². The number of rotatable bonds is 7. The molecular weight excluding hydrogens is 216 g/mol. The Hall–Kier alpha value is -1.85. The van der Waals surface area contributed by atoms with Gasteiger partial charge in [0.2, 0.25) is 6.29 Å². The van der Waals surface area contributed by atoms with E-state index in [9.17, 15) is 14.4 Å². The van der Waals surface area contributed by atoms with Crippen molar-refractivity contribution in [3.63, 3.8) is 0 Å². The Morgan fingerprint density at radius 1 is 1.31 bits per heavy atom. The van der Waals surface area contributed by atoms with Gasteiger partial charge < -0.3 is 14.6 Å². The highest BCUT2D eigenvalue weighted by Gasteiger charge is 2.12. The second-order valence-electron chi connectivity index (χ2n) is 2.95. The minimum absolute atomic E-state index is 0.0255. The van der Waals surface area contributed by atoms with Crippen LogP contribution < -0.4 is 0 Å². The monoisotopic (exact) mass is 230 g/mol. The van der Waals surface area contributed by atoms with Gasteiger partial charge in [-0.2, -0.15) is 0 Å². The Morgan fingerprint density at radius 2 is 1.94 bits per heavy atom. The van der Waals surface area contributed by atoms with E-state index in [2.05, 4.69) is 16.1 Å². The van der Waals surface area contributed by atoms with Gasteiger partial charge in [0, 0.05) is 25.8 Å². The van der Waals surface area contributed by atoms with E-state index in [0.717, 1.165) is 6.08 Å². The van der Waals surface area contributed by atoms with Gasteiger partial charge in [0.15, 0.2) is 0 Å². The first-order valence-corrected chi connectivity index (χ1v) is 4.70. The van der Waals surface area contributed by atoms with Gasteiger partial charge in [-0.15, -0.1) is 0 Å². The van der Waals surface area contributed by atoms with Crippen LogP contribution in [0.5, 0.6) is 0 Å². The Labute approximate surface area is 92.8 Å². The number of hydrogen-bond acceptors (Lipinski definition) is 5. The predicted molar refractivity (Wildman–Crippen MR) is 53.3 cm³/mol. The smallest absolute Gasteiger partial charge is 0.333 e. The van der Waals surface area contributed by atoms with Crippen LogP contribution in [-0.4, -0.2) is 29.3 Å². The summed E-state index contributed by atoms with van der Waals surface area (Å²) in [6, 6.07) is 0. The molecule has 6 heteroatoms. The lowest BCUT2D eigenvalue weighted by molar-refractivity contribution is -0.181. The molecule has 0 aromatic carbocycles. The van der Waals surface area contributed by atoms with Crippen LogP contribution in [0.4, 0.5) is 0 Å². The average Bonchev–Trinajstić information content (AvgIpc) is 2.16. The molecule has 1 N–H and O–H groups in total. The van der Waals surface area contributed by atoms with E-state index < -0.39 is 24.2 Å². The van der Waals surface area contributed by atoms with Crippen LogP contribution in [0.3, 0.4) is 0 Å². The van der Waals surface area contributed by atoms with Crippen LogP contribution >= 0.6 is 0 Å². The number of esters is 2. The Morgan fingerprint density at radius 3 is 2.44 bits per heavy atom. The van der Waals surface area contributed by atoms with Gasteiger partial charge in [0.1, 0.15) is 0 Å². The molecule has 0 aromatic heterocycles. The molecule has 0 rings (SSSR count). The number of ether oxygens (including phenoxy) is 2. The quantitative estimate of drug-likeness (QED) is 0.396. The summed E-state index contributed by atoms with van der Waals surface area (Å²) in [5.74, 6) is -2.27. The summed E-state index contributed by atoms with van der Waals surface area (Å²) < 4.78 is 9.26. The molecule has 90 valence electrons. The third-order valence-electron chi connectivity index (χ3n) is 1.52. The minimum Gasteiger partial charge on any atom is -0.481 e. The molecule has 1 unspecified atom stereocenters. The molecule has 0 saturated heterocycles. The maximum atomic E-state index is 11.1. The maximum absolute atomic E-state index is 11.1. The van der Waals surface area contributed by atoms with Crippen molar-refractivity contribution in [1.82, 2.24) is 0 Å². The number of carbonyl (C=O) groups excluding carboxylic acids is 2.